The van der Waals surface area contributed by atoms with Crippen LogP contribution in [0.5, 0.6) is 0 Å². The average molecular weight is 158 g/mol. The van der Waals surface area contributed by atoms with Crippen molar-refractivity contribution in [3.8, 4) is 0 Å². The molecule has 1 rings (SSSR count). The van der Waals surface area contributed by atoms with E-state index < -0.39 is 6.10 Å². The van der Waals surface area contributed by atoms with Gasteiger partial charge in [0.05, 0.1) is 6.10 Å². The molecular weight excluding hydrogens is 144 g/mol. The second-order valence-electron chi connectivity index (χ2n) is 2.83. The maximum Gasteiger partial charge on any atom is 0.222 e. The first-order valence-electron chi connectivity index (χ1n) is 3.90. The highest BCUT2D eigenvalue weighted by Crippen LogP contribution is 2.09. The van der Waals surface area contributed by atoms with Gasteiger partial charge in [0.15, 0.2) is 0 Å². The summed E-state index contributed by atoms with van der Waals surface area (Å²) in [5.74, 6) is 0.137. The first-order valence-corrected chi connectivity index (χ1v) is 3.90. The predicted molar refractivity (Wildman–Crippen MR) is 40.9 cm³/mol. The second kappa shape index (κ2) is 3.69. The summed E-state index contributed by atoms with van der Waals surface area (Å²) in [5.41, 5.74) is 5.21. The van der Waals surface area contributed by atoms with Crippen molar-refractivity contribution in [2.24, 2.45) is 5.73 Å². The van der Waals surface area contributed by atoms with Gasteiger partial charge < -0.3 is 15.7 Å². The van der Waals surface area contributed by atoms with Gasteiger partial charge in [0.1, 0.15) is 0 Å². The number of amides is 1. The number of hydrogen-bond donors (Lipinski definition) is 2. The van der Waals surface area contributed by atoms with E-state index in [0.717, 1.165) is 13.0 Å². The monoisotopic (exact) mass is 158 g/mol. The molecule has 0 spiro atoms. The summed E-state index contributed by atoms with van der Waals surface area (Å²) in [6.45, 7) is 1.40. The summed E-state index contributed by atoms with van der Waals surface area (Å²) >= 11 is 0. The standard InChI is InChI=1S/C7H14N2O2/c8-4-6(10)5-9-3-1-2-7(9)11/h6,10H,1-5,8H2. The molecule has 1 fully saturated rings. The number of carbonyl (C=O) groups is 1. The summed E-state index contributed by atoms with van der Waals surface area (Å²) in [4.78, 5) is 12.7. The van der Waals surface area contributed by atoms with Crippen LogP contribution in [0.25, 0.3) is 0 Å². The number of nitrogens with zero attached hydrogens (tertiary/aromatic N) is 1. The number of carbonyl (C=O) groups excluding carboxylic acids is 1. The first-order chi connectivity index (χ1) is 5.24. The maximum absolute atomic E-state index is 11.0. The molecule has 0 saturated carbocycles. The molecule has 3 N–H and O–H groups in total. The predicted octanol–water partition coefficient (Wildman–Crippen LogP) is -1.07. The van der Waals surface area contributed by atoms with Crippen LogP contribution in [0.4, 0.5) is 0 Å². The highest BCUT2D eigenvalue weighted by atomic mass is 16.3. The number of hydrogen-bond acceptors (Lipinski definition) is 3. The molecule has 1 aliphatic rings. The number of likely N-dealkylation sites (tertiary alicyclic amines) is 1. The van der Waals surface area contributed by atoms with Gasteiger partial charge in [0.2, 0.25) is 5.91 Å². The van der Waals surface area contributed by atoms with E-state index in [0.29, 0.717) is 13.0 Å². The largest absolute Gasteiger partial charge is 0.390 e. The topological polar surface area (TPSA) is 66.6 Å². The SMILES string of the molecule is NCC(O)CN1CCCC1=O. The van der Waals surface area contributed by atoms with E-state index in [1.807, 2.05) is 0 Å². The summed E-state index contributed by atoms with van der Waals surface area (Å²) in [6.07, 6.45) is 0.977. The third kappa shape index (κ3) is 2.17. The molecule has 64 valence electrons. The van der Waals surface area contributed by atoms with Crippen LogP contribution in [0, 0.1) is 0 Å². The van der Waals surface area contributed by atoms with Crippen molar-refractivity contribution in [3.63, 3.8) is 0 Å². The van der Waals surface area contributed by atoms with Crippen molar-refractivity contribution in [2.45, 2.75) is 18.9 Å². The zero-order valence-corrected chi connectivity index (χ0v) is 6.49. The molecule has 0 aromatic heterocycles. The Labute approximate surface area is 66.0 Å². The number of nitrogens with two attached hydrogens (primary N) is 1. The Morgan fingerprint density at radius 1 is 1.73 bits per heavy atom. The Hall–Kier alpha value is -0.610. The maximum atomic E-state index is 11.0. The Kier molecular flexibility index (Phi) is 2.84. The van der Waals surface area contributed by atoms with E-state index in [1.165, 1.54) is 0 Å². The number of β-amino-alcohol motifs (C(OH)–C–C–N with tert-alkyl or cyclic N) is 1. The smallest absolute Gasteiger partial charge is 0.222 e. The van der Waals surface area contributed by atoms with Gasteiger partial charge in [-0.15, -0.1) is 0 Å². The van der Waals surface area contributed by atoms with E-state index in [2.05, 4.69) is 0 Å². The van der Waals surface area contributed by atoms with Gasteiger partial charge in [0.25, 0.3) is 0 Å². The van der Waals surface area contributed by atoms with Gasteiger partial charge in [-0.2, -0.15) is 0 Å². The normalized spacial score (nSPS) is 20.9. The van der Waals surface area contributed by atoms with Crippen molar-refractivity contribution in [1.29, 1.82) is 0 Å². The zero-order valence-electron chi connectivity index (χ0n) is 6.49. The van der Waals surface area contributed by atoms with Gasteiger partial charge in [-0.3, -0.25) is 4.79 Å². The van der Waals surface area contributed by atoms with Crippen LogP contribution in [0.2, 0.25) is 0 Å². The molecule has 4 heteroatoms. The molecular formula is C7H14N2O2. The Bertz CT molecular complexity index is 149. The molecule has 4 nitrogen and oxygen atoms in total. The summed E-state index contributed by atoms with van der Waals surface area (Å²) < 4.78 is 0. The van der Waals surface area contributed by atoms with Crippen molar-refractivity contribution in [2.75, 3.05) is 19.6 Å². The minimum atomic E-state index is -0.558. The first kappa shape index (κ1) is 8.49. The summed E-state index contributed by atoms with van der Waals surface area (Å²) in [6, 6.07) is 0. The Morgan fingerprint density at radius 3 is 2.91 bits per heavy atom. The lowest BCUT2D eigenvalue weighted by Gasteiger charge is -2.18. The molecule has 0 aliphatic carbocycles. The van der Waals surface area contributed by atoms with Crippen LogP contribution in [0.1, 0.15) is 12.8 Å². The van der Waals surface area contributed by atoms with E-state index in [1.54, 1.807) is 4.90 Å². The van der Waals surface area contributed by atoms with Gasteiger partial charge in [-0.1, -0.05) is 0 Å². The molecule has 0 bridgehead atoms. The Morgan fingerprint density at radius 2 is 2.45 bits per heavy atom. The van der Waals surface area contributed by atoms with Gasteiger partial charge in [0, 0.05) is 26.1 Å². The lowest BCUT2D eigenvalue weighted by atomic mass is 10.3. The molecule has 0 aromatic rings. The van der Waals surface area contributed by atoms with E-state index in [4.69, 9.17) is 10.8 Å². The average Bonchev–Trinajstić information content (AvgIpc) is 2.37. The molecule has 1 atom stereocenters. The van der Waals surface area contributed by atoms with E-state index >= 15 is 0 Å². The fraction of sp³-hybridized carbons (Fsp3) is 0.857. The van der Waals surface area contributed by atoms with Crippen LogP contribution in [-0.2, 0) is 4.79 Å². The molecule has 1 saturated heterocycles. The number of aliphatic hydroxyl groups excluding tert-OH is 1. The number of rotatable bonds is 3. The molecule has 1 amide bonds. The van der Waals surface area contributed by atoms with Crippen LogP contribution >= 0.6 is 0 Å². The van der Waals surface area contributed by atoms with Crippen molar-refractivity contribution in [1.82, 2.24) is 4.90 Å². The zero-order chi connectivity index (χ0) is 8.27. The highest BCUT2D eigenvalue weighted by molar-refractivity contribution is 5.78. The third-order valence-corrected chi connectivity index (χ3v) is 1.87. The molecule has 11 heavy (non-hydrogen) atoms. The van der Waals surface area contributed by atoms with Crippen molar-refractivity contribution < 1.29 is 9.90 Å². The second-order valence-corrected chi connectivity index (χ2v) is 2.83. The third-order valence-electron chi connectivity index (χ3n) is 1.87. The van der Waals surface area contributed by atoms with Crippen molar-refractivity contribution >= 4 is 5.91 Å². The molecule has 1 heterocycles. The fourth-order valence-electron chi connectivity index (χ4n) is 1.23. The molecule has 1 aliphatic heterocycles. The highest BCUT2D eigenvalue weighted by Gasteiger charge is 2.21. The summed E-state index contributed by atoms with van der Waals surface area (Å²) in [7, 11) is 0. The lowest BCUT2D eigenvalue weighted by Crippen LogP contribution is -2.37. The van der Waals surface area contributed by atoms with Crippen LogP contribution in [0.15, 0.2) is 0 Å². The molecule has 1 unspecified atom stereocenters. The Balaban J connectivity index is 2.30. The fourth-order valence-corrected chi connectivity index (χ4v) is 1.23. The number of aliphatic hydroxyl groups is 1. The lowest BCUT2D eigenvalue weighted by molar-refractivity contribution is -0.128. The summed E-state index contributed by atoms with van der Waals surface area (Å²) in [5, 5.41) is 9.12. The van der Waals surface area contributed by atoms with E-state index in [-0.39, 0.29) is 12.5 Å². The van der Waals surface area contributed by atoms with Crippen LogP contribution in [0.3, 0.4) is 0 Å². The molecule has 0 radical (unpaired) electrons. The van der Waals surface area contributed by atoms with E-state index in [9.17, 15) is 4.79 Å². The quantitative estimate of drug-likeness (QED) is 0.549. The van der Waals surface area contributed by atoms with Gasteiger partial charge in [-0.05, 0) is 6.42 Å². The minimum absolute atomic E-state index is 0.137. The minimum Gasteiger partial charge on any atom is -0.390 e. The van der Waals surface area contributed by atoms with Gasteiger partial charge in [-0.25, -0.2) is 0 Å². The van der Waals surface area contributed by atoms with Crippen molar-refractivity contribution in [3.05, 3.63) is 0 Å². The van der Waals surface area contributed by atoms with Gasteiger partial charge >= 0.3 is 0 Å². The molecule has 0 aromatic carbocycles. The van der Waals surface area contributed by atoms with Crippen LogP contribution < -0.4 is 5.73 Å². The van der Waals surface area contributed by atoms with Crippen LogP contribution in [-0.4, -0.2) is 41.7 Å².